The third-order valence-electron chi connectivity index (χ3n) is 3.88. The number of rotatable bonds is 4. The van der Waals surface area contributed by atoms with Gasteiger partial charge in [-0.1, -0.05) is 60.7 Å². The van der Waals surface area contributed by atoms with Crippen molar-refractivity contribution in [1.82, 2.24) is 0 Å². The fourth-order valence-corrected chi connectivity index (χ4v) is 2.73. The lowest BCUT2D eigenvalue weighted by atomic mass is 9.92. The molecule has 0 radical (unpaired) electrons. The Bertz CT molecular complexity index is 868. The first-order chi connectivity index (χ1) is 11.6. The summed E-state index contributed by atoms with van der Waals surface area (Å²) in [6, 6.07) is 22.3. The molecule has 3 aromatic rings. The van der Waals surface area contributed by atoms with E-state index in [9.17, 15) is 9.59 Å². The molecule has 0 saturated carbocycles. The molecule has 4 N–H and O–H groups in total. The van der Waals surface area contributed by atoms with Gasteiger partial charge in [0.05, 0.1) is 0 Å². The molecule has 0 bridgehead atoms. The van der Waals surface area contributed by atoms with Crippen LogP contribution in [0.4, 0.5) is 0 Å². The highest BCUT2D eigenvalue weighted by atomic mass is 16.1. The van der Waals surface area contributed by atoms with Gasteiger partial charge in [0.15, 0.2) is 0 Å². The Morgan fingerprint density at radius 1 is 0.542 bits per heavy atom. The topological polar surface area (TPSA) is 86.2 Å². The van der Waals surface area contributed by atoms with Crippen molar-refractivity contribution in [2.24, 2.45) is 11.5 Å². The van der Waals surface area contributed by atoms with Gasteiger partial charge in [-0.2, -0.15) is 0 Å². The summed E-state index contributed by atoms with van der Waals surface area (Å²) in [5, 5.41) is 0. The fraction of sp³-hybridized carbons (Fsp3) is 0. The lowest BCUT2D eigenvalue weighted by Crippen LogP contribution is -2.18. The average Bonchev–Trinajstić information content (AvgIpc) is 2.62. The lowest BCUT2D eigenvalue weighted by molar-refractivity contribution is 0.0999. The molecule has 0 spiro atoms. The second-order valence-electron chi connectivity index (χ2n) is 5.40. The molecule has 0 aliphatic carbocycles. The van der Waals surface area contributed by atoms with Gasteiger partial charge in [-0.05, 0) is 28.8 Å². The van der Waals surface area contributed by atoms with Crippen LogP contribution in [-0.4, -0.2) is 11.8 Å². The first-order valence-corrected chi connectivity index (χ1v) is 7.46. The van der Waals surface area contributed by atoms with Crippen molar-refractivity contribution in [2.75, 3.05) is 0 Å². The van der Waals surface area contributed by atoms with Gasteiger partial charge in [0.2, 0.25) is 11.8 Å². The molecule has 0 aromatic heterocycles. The van der Waals surface area contributed by atoms with E-state index in [0.717, 1.165) is 16.7 Å². The van der Waals surface area contributed by atoms with Crippen LogP contribution in [0, 0.1) is 0 Å². The van der Waals surface area contributed by atoms with Crippen LogP contribution in [0.15, 0.2) is 72.8 Å². The molecule has 118 valence electrons. The molecule has 4 heteroatoms. The molecule has 24 heavy (non-hydrogen) atoms. The zero-order chi connectivity index (χ0) is 17.1. The van der Waals surface area contributed by atoms with Gasteiger partial charge in [0, 0.05) is 16.7 Å². The van der Waals surface area contributed by atoms with E-state index in [0.29, 0.717) is 5.56 Å². The molecule has 3 aromatic carbocycles. The van der Waals surface area contributed by atoms with Gasteiger partial charge < -0.3 is 11.5 Å². The van der Waals surface area contributed by atoms with Crippen LogP contribution in [0.25, 0.3) is 22.3 Å². The number of nitrogens with two attached hydrogens (primary N) is 2. The Labute approximate surface area is 139 Å². The highest BCUT2D eigenvalue weighted by Gasteiger charge is 2.17. The minimum Gasteiger partial charge on any atom is -0.366 e. The number of carbonyl (C=O) groups excluding carboxylic acids is 2. The number of hydrogen-bond acceptors (Lipinski definition) is 2. The van der Waals surface area contributed by atoms with E-state index >= 15 is 0 Å². The van der Waals surface area contributed by atoms with Crippen LogP contribution in [-0.2, 0) is 0 Å². The highest BCUT2D eigenvalue weighted by Crippen LogP contribution is 2.30. The zero-order valence-corrected chi connectivity index (χ0v) is 12.9. The van der Waals surface area contributed by atoms with E-state index < -0.39 is 11.8 Å². The van der Waals surface area contributed by atoms with E-state index in [1.54, 1.807) is 18.2 Å². The Morgan fingerprint density at radius 3 is 1.50 bits per heavy atom. The van der Waals surface area contributed by atoms with Crippen molar-refractivity contribution in [3.63, 3.8) is 0 Å². The lowest BCUT2D eigenvalue weighted by Gasteiger charge is -2.12. The second kappa shape index (κ2) is 6.38. The van der Waals surface area contributed by atoms with Crippen molar-refractivity contribution < 1.29 is 9.59 Å². The summed E-state index contributed by atoms with van der Waals surface area (Å²) in [4.78, 5) is 23.5. The molecule has 0 aliphatic rings. The summed E-state index contributed by atoms with van der Waals surface area (Å²) in [7, 11) is 0. The largest absolute Gasteiger partial charge is 0.366 e. The van der Waals surface area contributed by atoms with Crippen LogP contribution in [0.1, 0.15) is 20.7 Å². The van der Waals surface area contributed by atoms with Gasteiger partial charge in [0.25, 0.3) is 0 Å². The van der Waals surface area contributed by atoms with Gasteiger partial charge in [-0.25, -0.2) is 0 Å². The summed E-state index contributed by atoms with van der Waals surface area (Å²) in [6.45, 7) is 0. The molecule has 0 unspecified atom stereocenters. The molecular weight excluding hydrogens is 300 g/mol. The van der Waals surface area contributed by atoms with Crippen LogP contribution in [0.3, 0.4) is 0 Å². The van der Waals surface area contributed by atoms with Crippen molar-refractivity contribution in [2.45, 2.75) is 0 Å². The zero-order valence-electron chi connectivity index (χ0n) is 12.9. The maximum Gasteiger partial charge on any atom is 0.249 e. The third-order valence-corrected chi connectivity index (χ3v) is 3.88. The molecule has 4 nitrogen and oxygen atoms in total. The maximum absolute atomic E-state index is 11.7. The number of amides is 2. The molecular formula is C20H16N2O2. The van der Waals surface area contributed by atoms with Crippen molar-refractivity contribution >= 4 is 11.8 Å². The summed E-state index contributed by atoms with van der Waals surface area (Å²) >= 11 is 0. The van der Waals surface area contributed by atoms with Crippen LogP contribution in [0.2, 0.25) is 0 Å². The first-order valence-electron chi connectivity index (χ1n) is 7.46. The minimum absolute atomic E-state index is 0.277. The van der Waals surface area contributed by atoms with Gasteiger partial charge in [-0.3, -0.25) is 9.59 Å². The minimum atomic E-state index is -0.597. The van der Waals surface area contributed by atoms with Crippen molar-refractivity contribution in [1.29, 1.82) is 0 Å². The second-order valence-corrected chi connectivity index (χ2v) is 5.40. The fourth-order valence-electron chi connectivity index (χ4n) is 2.73. The standard InChI is InChI=1S/C20H16N2O2/c21-19(23)16-7-4-8-17(20(22)24)18(16)15-11-9-14(10-12-15)13-5-2-1-3-6-13/h1-12H,(H2,21,23)(H2,22,24). The Hall–Kier alpha value is -3.40. The number of hydrogen-bond donors (Lipinski definition) is 2. The van der Waals surface area contributed by atoms with Crippen molar-refractivity contribution in [3.05, 3.63) is 83.9 Å². The normalized spacial score (nSPS) is 10.3. The van der Waals surface area contributed by atoms with E-state index in [4.69, 9.17) is 11.5 Å². The molecule has 2 amide bonds. The van der Waals surface area contributed by atoms with E-state index in [2.05, 4.69) is 0 Å². The predicted octanol–water partition coefficient (Wildman–Crippen LogP) is 3.22. The number of benzene rings is 3. The highest BCUT2D eigenvalue weighted by molar-refractivity contribution is 6.08. The molecule has 3 rings (SSSR count). The van der Waals surface area contributed by atoms with Gasteiger partial charge >= 0.3 is 0 Å². The Morgan fingerprint density at radius 2 is 1.00 bits per heavy atom. The van der Waals surface area contributed by atoms with Gasteiger partial charge in [0.1, 0.15) is 0 Å². The molecule has 0 saturated heterocycles. The summed E-state index contributed by atoms with van der Waals surface area (Å²) in [6.07, 6.45) is 0. The number of primary amides is 2. The smallest absolute Gasteiger partial charge is 0.249 e. The molecule has 0 heterocycles. The first kappa shape index (κ1) is 15.5. The third kappa shape index (κ3) is 2.90. The Kier molecular flexibility index (Phi) is 4.12. The van der Waals surface area contributed by atoms with Gasteiger partial charge in [-0.15, -0.1) is 0 Å². The quantitative estimate of drug-likeness (QED) is 0.774. The molecule has 0 atom stereocenters. The van der Waals surface area contributed by atoms with E-state index in [1.165, 1.54) is 0 Å². The van der Waals surface area contributed by atoms with E-state index in [-0.39, 0.29) is 11.1 Å². The Balaban J connectivity index is 2.13. The summed E-state index contributed by atoms with van der Waals surface area (Å²) in [5.74, 6) is -1.19. The predicted molar refractivity (Wildman–Crippen MR) is 94.3 cm³/mol. The number of carbonyl (C=O) groups is 2. The van der Waals surface area contributed by atoms with Crippen LogP contribution < -0.4 is 11.5 Å². The average molecular weight is 316 g/mol. The van der Waals surface area contributed by atoms with Crippen LogP contribution >= 0.6 is 0 Å². The monoisotopic (exact) mass is 316 g/mol. The SMILES string of the molecule is NC(=O)c1cccc(C(N)=O)c1-c1ccc(-c2ccccc2)cc1. The summed E-state index contributed by atoms with van der Waals surface area (Å²) in [5.41, 5.74) is 14.8. The maximum atomic E-state index is 11.7. The molecule has 0 aliphatic heterocycles. The summed E-state index contributed by atoms with van der Waals surface area (Å²) < 4.78 is 0. The van der Waals surface area contributed by atoms with Crippen molar-refractivity contribution in [3.8, 4) is 22.3 Å². The molecule has 0 fully saturated rings. The van der Waals surface area contributed by atoms with E-state index in [1.807, 2.05) is 54.6 Å². The van der Waals surface area contributed by atoms with Crippen LogP contribution in [0.5, 0.6) is 0 Å².